The van der Waals surface area contributed by atoms with Gasteiger partial charge in [0.25, 0.3) is 0 Å². The first kappa shape index (κ1) is 13.1. The van der Waals surface area contributed by atoms with Gasteiger partial charge in [0.15, 0.2) is 0 Å². The summed E-state index contributed by atoms with van der Waals surface area (Å²) in [6.07, 6.45) is 2.88. The predicted molar refractivity (Wildman–Crippen MR) is 62.4 cm³/mol. The molecular weight excluding hydrogens is 208 g/mol. The molecule has 3 heteroatoms. The molecule has 1 nitrogen and oxygen atoms in total. The van der Waals surface area contributed by atoms with Gasteiger partial charge in [-0.1, -0.05) is 19.8 Å². The molecule has 1 aromatic rings. The van der Waals surface area contributed by atoms with Crippen LogP contribution in [0.15, 0.2) is 12.1 Å². The van der Waals surface area contributed by atoms with Crippen molar-refractivity contribution in [2.75, 3.05) is 7.05 Å². The van der Waals surface area contributed by atoms with Crippen LogP contribution < -0.4 is 5.32 Å². The summed E-state index contributed by atoms with van der Waals surface area (Å²) in [6, 6.07) is 2.47. The van der Waals surface area contributed by atoms with E-state index in [1.165, 1.54) is 12.1 Å². The fourth-order valence-electron chi connectivity index (χ4n) is 1.79. The van der Waals surface area contributed by atoms with E-state index >= 15 is 0 Å². The zero-order valence-electron chi connectivity index (χ0n) is 10.1. The highest BCUT2D eigenvalue weighted by molar-refractivity contribution is 5.27. The second kappa shape index (κ2) is 5.94. The molecule has 0 heterocycles. The van der Waals surface area contributed by atoms with E-state index in [1.807, 2.05) is 0 Å². The average Bonchev–Trinajstić information content (AvgIpc) is 2.26. The van der Waals surface area contributed by atoms with Crippen molar-refractivity contribution in [2.24, 2.45) is 0 Å². The number of rotatable bonds is 5. The first-order valence-corrected chi connectivity index (χ1v) is 5.73. The monoisotopic (exact) mass is 227 g/mol. The van der Waals surface area contributed by atoms with Crippen molar-refractivity contribution in [1.29, 1.82) is 0 Å². The number of aryl methyl sites for hydroxylation is 1. The molecule has 0 saturated heterocycles. The number of nitrogens with one attached hydrogen (secondary N) is 1. The van der Waals surface area contributed by atoms with Crippen LogP contribution in [0.4, 0.5) is 8.78 Å². The third kappa shape index (κ3) is 3.01. The minimum Gasteiger partial charge on any atom is -0.313 e. The lowest BCUT2D eigenvalue weighted by molar-refractivity contribution is 0.484. The van der Waals surface area contributed by atoms with Gasteiger partial charge in [-0.2, -0.15) is 0 Å². The minimum absolute atomic E-state index is 0.102. The molecule has 0 aliphatic rings. The van der Waals surface area contributed by atoms with E-state index in [0.29, 0.717) is 11.1 Å². The van der Waals surface area contributed by atoms with Gasteiger partial charge in [-0.15, -0.1) is 0 Å². The number of hydrogen-bond donors (Lipinski definition) is 1. The summed E-state index contributed by atoms with van der Waals surface area (Å²) in [4.78, 5) is 0. The predicted octanol–water partition coefficient (Wildman–Crippen LogP) is 3.72. The molecule has 1 N–H and O–H groups in total. The highest BCUT2D eigenvalue weighted by Gasteiger charge is 2.15. The molecule has 0 bridgehead atoms. The van der Waals surface area contributed by atoms with Gasteiger partial charge in [0.05, 0.1) is 0 Å². The molecule has 0 aliphatic heterocycles. The van der Waals surface area contributed by atoms with Crippen LogP contribution in [0.25, 0.3) is 0 Å². The molecule has 0 aromatic heterocycles. The van der Waals surface area contributed by atoms with E-state index in [1.54, 1.807) is 14.0 Å². The van der Waals surface area contributed by atoms with E-state index in [4.69, 9.17) is 0 Å². The standard InChI is InChI=1S/C13H19F2N/c1-4-5-6-13(16-3)10-8-11(14)9(2)7-12(10)15/h7-8,13,16H,4-6H2,1-3H3. The third-order valence-corrected chi connectivity index (χ3v) is 2.85. The largest absolute Gasteiger partial charge is 0.313 e. The Bertz CT molecular complexity index is 350. The molecule has 0 radical (unpaired) electrons. The van der Waals surface area contributed by atoms with Crippen molar-refractivity contribution in [1.82, 2.24) is 5.32 Å². The molecule has 0 amide bonds. The van der Waals surface area contributed by atoms with E-state index < -0.39 is 0 Å². The lowest BCUT2D eigenvalue weighted by Crippen LogP contribution is -2.18. The third-order valence-electron chi connectivity index (χ3n) is 2.85. The van der Waals surface area contributed by atoms with Crippen molar-refractivity contribution in [3.8, 4) is 0 Å². The Labute approximate surface area is 95.9 Å². The Kier molecular flexibility index (Phi) is 4.87. The molecule has 90 valence electrons. The zero-order chi connectivity index (χ0) is 12.1. The van der Waals surface area contributed by atoms with Gasteiger partial charge in [-0.05, 0) is 38.1 Å². The summed E-state index contributed by atoms with van der Waals surface area (Å²) in [5.41, 5.74) is 0.783. The lowest BCUT2D eigenvalue weighted by Gasteiger charge is -2.17. The first-order valence-electron chi connectivity index (χ1n) is 5.73. The Hall–Kier alpha value is -0.960. The summed E-state index contributed by atoms with van der Waals surface area (Å²) in [5.74, 6) is -0.664. The maximum atomic E-state index is 13.7. The van der Waals surface area contributed by atoms with Crippen molar-refractivity contribution < 1.29 is 8.78 Å². The van der Waals surface area contributed by atoms with E-state index in [9.17, 15) is 8.78 Å². The fourth-order valence-corrected chi connectivity index (χ4v) is 1.79. The minimum atomic E-state index is -0.340. The van der Waals surface area contributed by atoms with Crippen LogP contribution in [-0.4, -0.2) is 7.05 Å². The lowest BCUT2D eigenvalue weighted by atomic mass is 9.99. The van der Waals surface area contributed by atoms with Crippen molar-refractivity contribution in [3.63, 3.8) is 0 Å². The Morgan fingerprint density at radius 3 is 2.50 bits per heavy atom. The maximum absolute atomic E-state index is 13.7. The summed E-state index contributed by atoms with van der Waals surface area (Å²) in [6.45, 7) is 3.65. The molecule has 1 atom stereocenters. The zero-order valence-corrected chi connectivity index (χ0v) is 10.1. The van der Waals surface area contributed by atoms with Gasteiger partial charge in [0.2, 0.25) is 0 Å². The van der Waals surface area contributed by atoms with Crippen LogP contribution in [0.5, 0.6) is 0 Å². The van der Waals surface area contributed by atoms with Gasteiger partial charge >= 0.3 is 0 Å². The number of halogens is 2. The molecule has 1 unspecified atom stereocenters. The maximum Gasteiger partial charge on any atom is 0.128 e. The number of benzene rings is 1. The van der Waals surface area contributed by atoms with Gasteiger partial charge < -0.3 is 5.32 Å². The van der Waals surface area contributed by atoms with Gasteiger partial charge in [0, 0.05) is 11.6 Å². The van der Waals surface area contributed by atoms with E-state index in [-0.39, 0.29) is 17.7 Å². The smallest absolute Gasteiger partial charge is 0.128 e. The van der Waals surface area contributed by atoms with Crippen molar-refractivity contribution in [2.45, 2.75) is 39.2 Å². The molecule has 0 fully saturated rings. The van der Waals surface area contributed by atoms with E-state index in [2.05, 4.69) is 12.2 Å². The summed E-state index contributed by atoms with van der Waals surface area (Å²) >= 11 is 0. The van der Waals surface area contributed by atoms with Crippen LogP contribution in [-0.2, 0) is 0 Å². The molecule has 0 aliphatic carbocycles. The SMILES string of the molecule is CCCCC(NC)c1cc(F)c(C)cc1F. The van der Waals surface area contributed by atoms with Gasteiger partial charge in [0.1, 0.15) is 11.6 Å². The summed E-state index contributed by atoms with van der Waals surface area (Å²) in [5, 5.41) is 3.03. The number of unbranched alkanes of at least 4 members (excludes halogenated alkanes) is 1. The molecule has 0 spiro atoms. The molecule has 0 saturated carbocycles. The van der Waals surface area contributed by atoms with Crippen LogP contribution in [0, 0.1) is 18.6 Å². The molecule has 1 rings (SSSR count). The van der Waals surface area contributed by atoms with Gasteiger partial charge in [-0.3, -0.25) is 0 Å². The highest BCUT2D eigenvalue weighted by Crippen LogP contribution is 2.24. The highest BCUT2D eigenvalue weighted by atomic mass is 19.1. The molecule has 1 aromatic carbocycles. The second-order valence-corrected chi connectivity index (χ2v) is 4.11. The topological polar surface area (TPSA) is 12.0 Å². The Morgan fingerprint density at radius 1 is 1.25 bits per heavy atom. The normalized spacial score (nSPS) is 12.8. The van der Waals surface area contributed by atoms with E-state index in [0.717, 1.165) is 19.3 Å². The summed E-state index contributed by atoms with van der Waals surface area (Å²) in [7, 11) is 1.78. The van der Waals surface area contributed by atoms with Gasteiger partial charge in [-0.25, -0.2) is 8.78 Å². The Balaban J connectivity index is 2.95. The van der Waals surface area contributed by atoms with Crippen molar-refractivity contribution >= 4 is 0 Å². The molecular formula is C13H19F2N. The van der Waals surface area contributed by atoms with Crippen LogP contribution in [0.2, 0.25) is 0 Å². The van der Waals surface area contributed by atoms with Crippen molar-refractivity contribution in [3.05, 3.63) is 34.9 Å². The van der Waals surface area contributed by atoms with Crippen LogP contribution >= 0.6 is 0 Å². The first-order chi connectivity index (χ1) is 7.60. The average molecular weight is 227 g/mol. The van der Waals surface area contributed by atoms with Crippen LogP contribution in [0.3, 0.4) is 0 Å². The number of hydrogen-bond acceptors (Lipinski definition) is 1. The van der Waals surface area contributed by atoms with Crippen LogP contribution in [0.1, 0.15) is 43.4 Å². The summed E-state index contributed by atoms with van der Waals surface area (Å²) < 4.78 is 27.1. The quantitative estimate of drug-likeness (QED) is 0.808. The second-order valence-electron chi connectivity index (χ2n) is 4.11. The Morgan fingerprint density at radius 2 is 1.94 bits per heavy atom. The fraction of sp³-hybridized carbons (Fsp3) is 0.538. The molecule has 16 heavy (non-hydrogen) atoms.